The largest absolute Gasteiger partial charge is 0.488 e. The van der Waals surface area contributed by atoms with E-state index in [0.717, 1.165) is 0 Å². The number of hydrogen-bond donors (Lipinski definition) is 1. The zero-order valence-corrected chi connectivity index (χ0v) is 8.23. The molecule has 82 valence electrons. The van der Waals surface area contributed by atoms with Crippen molar-refractivity contribution in [3.05, 3.63) is 30.3 Å². The zero-order valence-electron chi connectivity index (χ0n) is 8.23. The molecule has 3 nitrogen and oxygen atoms in total. The van der Waals surface area contributed by atoms with E-state index in [4.69, 9.17) is 9.47 Å². The molecule has 0 radical (unpaired) electrons. The highest BCUT2D eigenvalue weighted by Gasteiger charge is 2.39. The lowest BCUT2D eigenvalue weighted by Crippen LogP contribution is -2.35. The van der Waals surface area contributed by atoms with Crippen molar-refractivity contribution in [3.63, 3.8) is 0 Å². The lowest BCUT2D eigenvalue weighted by atomic mass is 10.2. The van der Waals surface area contributed by atoms with Gasteiger partial charge in [-0.25, -0.2) is 4.39 Å². The van der Waals surface area contributed by atoms with Crippen molar-refractivity contribution in [3.8, 4) is 5.75 Å². The van der Waals surface area contributed by atoms with Crippen LogP contribution in [0.5, 0.6) is 5.75 Å². The van der Waals surface area contributed by atoms with Crippen molar-refractivity contribution < 1.29 is 19.0 Å². The molecule has 0 aliphatic carbocycles. The molecule has 4 heteroatoms. The van der Waals surface area contributed by atoms with Crippen LogP contribution in [0.25, 0.3) is 0 Å². The van der Waals surface area contributed by atoms with Crippen LogP contribution in [-0.4, -0.2) is 30.3 Å². The van der Waals surface area contributed by atoms with Crippen LogP contribution >= 0.6 is 0 Å². The van der Waals surface area contributed by atoms with Crippen molar-refractivity contribution in [2.45, 2.75) is 18.4 Å². The van der Waals surface area contributed by atoms with Crippen LogP contribution < -0.4 is 4.74 Å². The summed E-state index contributed by atoms with van der Waals surface area (Å²) in [4.78, 5) is 0. The van der Waals surface area contributed by atoms with E-state index in [1.165, 1.54) is 0 Å². The van der Waals surface area contributed by atoms with Gasteiger partial charge in [0.1, 0.15) is 18.5 Å². The minimum atomic E-state index is -1.48. The zero-order chi connectivity index (χ0) is 10.7. The van der Waals surface area contributed by atoms with E-state index in [1.54, 1.807) is 12.1 Å². The van der Waals surface area contributed by atoms with E-state index >= 15 is 0 Å². The molecular formula is C11H13FO3. The van der Waals surface area contributed by atoms with E-state index in [9.17, 15) is 9.50 Å². The Hall–Kier alpha value is -1.13. The van der Waals surface area contributed by atoms with Gasteiger partial charge in [-0.3, -0.25) is 0 Å². The summed E-state index contributed by atoms with van der Waals surface area (Å²) in [6, 6.07) is 9.06. The average molecular weight is 212 g/mol. The molecule has 0 amide bonds. The first kappa shape index (κ1) is 10.4. The number of halogens is 1. The van der Waals surface area contributed by atoms with E-state index in [0.29, 0.717) is 5.75 Å². The lowest BCUT2D eigenvalue weighted by molar-refractivity contribution is -0.188. The van der Waals surface area contributed by atoms with Crippen LogP contribution in [0.4, 0.5) is 4.39 Å². The summed E-state index contributed by atoms with van der Waals surface area (Å²) in [5.74, 6) is -0.841. The van der Waals surface area contributed by atoms with Gasteiger partial charge in [0.25, 0.3) is 0 Å². The Morgan fingerprint density at radius 2 is 2.20 bits per heavy atom. The highest BCUT2D eigenvalue weighted by molar-refractivity contribution is 5.21. The minimum absolute atomic E-state index is 0.0279. The second-order valence-corrected chi connectivity index (χ2v) is 3.66. The van der Waals surface area contributed by atoms with Crippen molar-refractivity contribution in [1.82, 2.24) is 0 Å². The summed E-state index contributed by atoms with van der Waals surface area (Å²) in [6.07, 6.45) is -1.13. The Morgan fingerprint density at radius 1 is 1.47 bits per heavy atom. The first-order valence-electron chi connectivity index (χ1n) is 4.86. The summed E-state index contributed by atoms with van der Waals surface area (Å²) in [6.45, 7) is -0.105. The number of aliphatic hydroxyl groups is 1. The molecule has 0 bridgehead atoms. The van der Waals surface area contributed by atoms with E-state index in [-0.39, 0.29) is 19.6 Å². The molecule has 1 fully saturated rings. The number of rotatable bonds is 3. The quantitative estimate of drug-likeness (QED) is 0.825. The Morgan fingerprint density at radius 3 is 2.80 bits per heavy atom. The minimum Gasteiger partial charge on any atom is -0.488 e. The summed E-state index contributed by atoms with van der Waals surface area (Å²) in [7, 11) is 0. The third-order valence-electron chi connectivity index (χ3n) is 2.28. The maximum Gasteiger partial charge on any atom is 0.203 e. The number of para-hydroxylation sites is 1. The standard InChI is InChI=1S/C11H13FO3/c12-9-6-11(13,15-7-9)8-14-10-4-2-1-3-5-10/h1-5,9,13H,6-8H2. The number of alkyl halides is 1. The number of ether oxygens (including phenoxy) is 2. The molecule has 1 aliphatic rings. The second-order valence-electron chi connectivity index (χ2n) is 3.66. The first-order valence-corrected chi connectivity index (χ1v) is 4.86. The monoisotopic (exact) mass is 212 g/mol. The lowest BCUT2D eigenvalue weighted by Gasteiger charge is -2.21. The number of benzene rings is 1. The SMILES string of the molecule is OC1(COc2ccccc2)CC(F)CO1. The van der Waals surface area contributed by atoms with Gasteiger partial charge < -0.3 is 14.6 Å². The van der Waals surface area contributed by atoms with Crippen molar-refractivity contribution in [1.29, 1.82) is 0 Å². The van der Waals surface area contributed by atoms with Gasteiger partial charge in [-0.2, -0.15) is 0 Å². The van der Waals surface area contributed by atoms with Crippen molar-refractivity contribution >= 4 is 0 Å². The number of hydrogen-bond acceptors (Lipinski definition) is 3. The van der Waals surface area contributed by atoms with Crippen LogP contribution in [-0.2, 0) is 4.74 Å². The molecule has 2 unspecified atom stereocenters. The molecule has 1 N–H and O–H groups in total. The summed E-state index contributed by atoms with van der Waals surface area (Å²) in [5.41, 5.74) is 0. The van der Waals surface area contributed by atoms with Gasteiger partial charge in [0, 0.05) is 6.42 Å². The topological polar surface area (TPSA) is 38.7 Å². The van der Waals surface area contributed by atoms with Crippen molar-refractivity contribution in [2.24, 2.45) is 0 Å². The second kappa shape index (κ2) is 4.16. The Balaban J connectivity index is 1.88. The predicted molar refractivity (Wildman–Crippen MR) is 52.4 cm³/mol. The highest BCUT2D eigenvalue weighted by atomic mass is 19.1. The summed E-state index contributed by atoms with van der Waals surface area (Å²) >= 11 is 0. The highest BCUT2D eigenvalue weighted by Crippen LogP contribution is 2.26. The van der Waals surface area contributed by atoms with E-state index in [2.05, 4.69) is 0 Å². The van der Waals surface area contributed by atoms with Crippen molar-refractivity contribution in [2.75, 3.05) is 13.2 Å². The fourth-order valence-corrected chi connectivity index (χ4v) is 1.52. The fourth-order valence-electron chi connectivity index (χ4n) is 1.52. The van der Waals surface area contributed by atoms with Gasteiger partial charge in [-0.05, 0) is 12.1 Å². The Labute approximate surface area is 87.4 Å². The molecule has 2 atom stereocenters. The predicted octanol–water partition coefficient (Wildman–Crippen LogP) is 1.51. The summed E-state index contributed by atoms with van der Waals surface area (Å²) < 4.78 is 23.0. The fraction of sp³-hybridized carbons (Fsp3) is 0.455. The van der Waals surface area contributed by atoms with E-state index < -0.39 is 12.0 Å². The molecule has 0 saturated carbocycles. The molecule has 1 aromatic carbocycles. The Kier molecular flexibility index (Phi) is 2.88. The van der Waals surface area contributed by atoms with Gasteiger partial charge >= 0.3 is 0 Å². The van der Waals surface area contributed by atoms with E-state index in [1.807, 2.05) is 18.2 Å². The van der Waals surface area contributed by atoms with Crippen LogP contribution in [0.3, 0.4) is 0 Å². The molecular weight excluding hydrogens is 199 g/mol. The molecule has 0 aromatic heterocycles. The summed E-state index contributed by atoms with van der Waals surface area (Å²) in [5, 5.41) is 9.74. The maximum absolute atomic E-state index is 12.8. The maximum atomic E-state index is 12.8. The molecule has 1 heterocycles. The molecule has 15 heavy (non-hydrogen) atoms. The van der Waals surface area contributed by atoms with Crippen LogP contribution in [0, 0.1) is 0 Å². The molecule has 1 aromatic rings. The molecule has 2 rings (SSSR count). The van der Waals surface area contributed by atoms with Gasteiger partial charge in [0.05, 0.1) is 6.61 Å². The smallest absolute Gasteiger partial charge is 0.203 e. The normalized spacial score (nSPS) is 30.4. The van der Waals surface area contributed by atoms with Gasteiger partial charge in [0.15, 0.2) is 0 Å². The third-order valence-corrected chi connectivity index (χ3v) is 2.28. The van der Waals surface area contributed by atoms with Gasteiger partial charge in [-0.1, -0.05) is 18.2 Å². The van der Waals surface area contributed by atoms with Crippen LogP contribution in [0.2, 0.25) is 0 Å². The van der Waals surface area contributed by atoms with Crippen LogP contribution in [0.1, 0.15) is 6.42 Å². The molecule has 1 aliphatic heterocycles. The molecule has 1 saturated heterocycles. The van der Waals surface area contributed by atoms with Gasteiger partial charge in [-0.15, -0.1) is 0 Å². The van der Waals surface area contributed by atoms with Gasteiger partial charge in [0.2, 0.25) is 5.79 Å². The average Bonchev–Trinajstić information content (AvgIpc) is 2.58. The third kappa shape index (κ3) is 2.67. The molecule has 0 spiro atoms. The van der Waals surface area contributed by atoms with Crippen LogP contribution in [0.15, 0.2) is 30.3 Å². The first-order chi connectivity index (χ1) is 7.18. The Bertz CT molecular complexity index is 317.